The summed E-state index contributed by atoms with van der Waals surface area (Å²) in [6.45, 7) is 0.501. The molecule has 1 saturated carbocycles. The number of amides is 1. The number of fused-ring (bicyclic) bond motifs is 2. The minimum absolute atomic E-state index is 0.247. The van der Waals surface area contributed by atoms with Crippen molar-refractivity contribution >= 4 is 5.91 Å². The topological polar surface area (TPSA) is 56.7 Å². The second-order valence-corrected chi connectivity index (χ2v) is 8.51. The smallest absolute Gasteiger partial charge is 0.236 e. The van der Waals surface area contributed by atoms with Crippen LogP contribution in [-0.4, -0.2) is 57.5 Å². The molecule has 2 bridgehead atoms. The Balaban J connectivity index is 1.41. The van der Waals surface area contributed by atoms with Gasteiger partial charge in [0.1, 0.15) is 5.60 Å². The van der Waals surface area contributed by atoms with Crippen LogP contribution >= 0.6 is 0 Å². The highest BCUT2D eigenvalue weighted by molar-refractivity contribution is 5.78. The van der Waals surface area contributed by atoms with Crippen LogP contribution in [0.2, 0.25) is 0 Å². The Morgan fingerprint density at radius 2 is 1.88 bits per heavy atom. The first kappa shape index (κ1) is 17.9. The largest absolute Gasteiger partial charge is 0.383 e. The summed E-state index contributed by atoms with van der Waals surface area (Å²) in [5.41, 5.74) is -0.0655. The van der Waals surface area contributed by atoms with Crippen LogP contribution in [0.25, 0.3) is 0 Å². The minimum atomic E-state index is -0.845. The molecule has 4 rings (SSSR count). The number of carbonyl (C=O) groups excluding carboxylic acids is 1. The molecule has 0 radical (unpaired) electrons. The lowest BCUT2D eigenvalue weighted by Crippen LogP contribution is -2.53. The van der Waals surface area contributed by atoms with Crippen LogP contribution in [0.5, 0.6) is 0 Å². The molecule has 0 spiro atoms. The van der Waals surface area contributed by atoms with Gasteiger partial charge in [0.05, 0.1) is 12.2 Å². The van der Waals surface area contributed by atoms with E-state index in [1.165, 1.54) is 19.3 Å². The van der Waals surface area contributed by atoms with Crippen molar-refractivity contribution in [2.45, 2.75) is 81.5 Å². The van der Waals surface area contributed by atoms with Crippen LogP contribution in [-0.2, 0) is 10.4 Å². The van der Waals surface area contributed by atoms with Gasteiger partial charge in [-0.2, -0.15) is 0 Å². The van der Waals surface area contributed by atoms with Gasteiger partial charge in [-0.1, -0.05) is 25.3 Å². The molecule has 142 valence electrons. The molecule has 1 aromatic heterocycles. The van der Waals surface area contributed by atoms with E-state index in [-0.39, 0.29) is 18.0 Å². The molecule has 2 atom stereocenters. The lowest BCUT2D eigenvalue weighted by molar-refractivity contribution is -0.137. The van der Waals surface area contributed by atoms with Crippen molar-refractivity contribution in [3.63, 3.8) is 0 Å². The quantitative estimate of drug-likeness (QED) is 0.900. The third kappa shape index (κ3) is 3.39. The Morgan fingerprint density at radius 3 is 2.50 bits per heavy atom. The Kier molecular flexibility index (Phi) is 5.02. The summed E-state index contributed by atoms with van der Waals surface area (Å²) < 4.78 is 0. The third-order valence-electron chi connectivity index (χ3n) is 6.89. The van der Waals surface area contributed by atoms with Crippen LogP contribution in [0.15, 0.2) is 24.4 Å². The Bertz CT molecular complexity index is 615. The number of likely N-dealkylation sites (N-methyl/N-ethyl adjacent to an activating group) is 1. The molecule has 1 amide bonds. The predicted octanol–water partition coefficient (Wildman–Crippen LogP) is 2.69. The first-order chi connectivity index (χ1) is 12.6. The molecule has 2 unspecified atom stereocenters. The predicted molar refractivity (Wildman–Crippen MR) is 101 cm³/mol. The molecule has 3 heterocycles. The lowest BCUT2D eigenvalue weighted by Gasteiger charge is -2.44. The second-order valence-electron chi connectivity index (χ2n) is 8.51. The number of aliphatic hydroxyl groups is 1. The number of carbonyl (C=O) groups is 1. The monoisotopic (exact) mass is 357 g/mol. The summed E-state index contributed by atoms with van der Waals surface area (Å²) in [7, 11) is 1.98. The van der Waals surface area contributed by atoms with Gasteiger partial charge in [0, 0.05) is 31.4 Å². The third-order valence-corrected chi connectivity index (χ3v) is 6.89. The van der Waals surface area contributed by atoms with Crippen molar-refractivity contribution in [2.75, 3.05) is 13.6 Å². The van der Waals surface area contributed by atoms with Crippen LogP contribution in [0, 0.1) is 0 Å². The Hall–Kier alpha value is -1.46. The summed E-state index contributed by atoms with van der Waals surface area (Å²) in [6.07, 6.45) is 11.3. The summed E-state index contributed by atoms with van der Waals surface area (Å²) in [4.78, 5) is 21.6. The van der Waals surface area contributed by atoms with E-state index in [0.717, 1.165) is 31.4 Å². The molecule has 0 aromatic carbocycles. The fourth-order valence-corrected chi connectivity index (χ4v) is 5.36. The molecular formula is C21H31N3O2. The molecule has 2 aliphatic heterocycles. The average molecular weight is 357 g/mol. The molecule has 1 N–H and O–H groups in total. The van der Waals surface area contributed by atoms with Gasteiger partial charge in [-0.15, -0.1) is 0 Å². The average Bonchev–Trinajstić information content (AvgIpc) is 2.92. The van der Waals surface area contributed by atoms with Gasteiger partial charge < -0.3 is 10.0 Å². The van der Waals surface area contributed by atoms with E-state index in [2.05, 4.69) is 9.88 Å². The van der Waals surface area contributed by atoms with E-state index in [9.17, 15) is 9.90 Å². The van der Waals surface area contributed by atoms with Gasteiger partial charge in [-0.3, -0.25) is 14.7 Å². The summed E-state index contributed by atoms with van der Waals surface area (Å²) in [5.74, 6) is 0.247. The van der Waals surface area contributed by atoms with Gasteiger partial charge in [0.25, 0.3) is 0 Å². The maximum absolute atomic E-state index is 12.9. The van der Waals surface area contributed by atoms with Crippen LogP contribution in [0.4, 0.5) is 0 Å². The van der Waals surface area contributed by atoms with Crippen molar-refractivity contribution in [3.05, 3.63) is 30.1 Å². The van der Waals surface area contributed by atoms with Crippen molar-refractivity contribution in [1.29, 1.82) is 0 Å². The number of nitrogens with zero attached hydrogens (tertiary/aromatic N) is 3. The summed E-state index contributed by atoms with van der Waals surface area (Å²) in [5, 5.41) is 11.2. The number of pyridine rings is 1. The second kappa shape index (κ2) is 7.28. The number of hydrogen-bond donors (Lipinski definition) is 1. The van der Waals surface area contributed by atoms with E-state index < -0.39 is 5.60 Å². The summed E-state index contributed by atoms with van der Waals surface area (Å²) in [6, 6.07) is 6.74. The Morgan fingerprint density at radius 1 is 1.19 bits per heavy atom. The zero-order valence-electron chi connectivity index (χ0n) is 15.8. The lowest BCUT2D eigenvalue weighted by atomic mass is 9.83. The van der Waals surface area contributed by atoms with Crippen LogP contribution in [0.3, 0.4) is 0 Å². The summed E-state index contributed by atoms with van der Waals surface area (Å²) >= 11 is 0. The molecule has 3 aliphatic rings. The SMILES string of the molecule is CN(C(=O)CN1C2CCC1CC(O)(c1ccccn1)C2)C1CCCCC1. The maximum Gasteiger partial charge on any atom is 0.236 e. The zero-order valence-corrected chi connectivity index (χ0v) is 15.8. The van der Waals surface area contributed by atoms with Crippen LogP contribution in [0.1, 0.15) is 63.5 Å². The molecule has 5 nitrogen and oxygen atoms in total. The molecule has 26 heavy (non-hydrogen) atoms. The van der Waals surface area contributed by atoms with E-state index in [4.69, 9.17) is 0 Å². The highest BCUT2D eigenvalue weighted by Gasteiger charge is 2.49. The first-order valence-electron chi connectivity index (χ1n) is 10.2. The highest BCUT2D eigenvalue weighted by Crippen LogP contribution is 2.45. The van der Waals surface area contributed by atoms with Gasteiger partial charge in [-0.05, 0) is 50.7 Å². The van der Waals surface area contributed by atoms with E-state index in [1.807, 2.05) is 30.1 Å². The molecule has 1 aliphatic carbocycles. The first-order valence-corrected chi connectivity index (χ1v) is 10.2. The standard InChI is InChI=1S/C21H31N3O2/c1-23(16-7-3-2-4-8-16)20(25)15-24-17-10-11-18(24)14-21(26,13-17)19-9-5-6-12-22-19/h5-6,9,12,16-18,26H,2-4,7-8,10-11,13-15H2,1H3. The van der Waals surface area contributed by atoms with Gasteiger partial charge in [0.2, 0.25) is 5.91 Å². The van der Waals surface area contributed by atoms with Crippen molar-refractivity contribution in [3.8, 4) is 0 Å². The number of rotatable bonds is 4. The molecular weight excluding hydrogens is 326 g/mol. The Labute approximate surface area is 156 Å². The van der Waals surface area contributed by atoms with Gasteiger partial charge in [-0.25, -0.2) is 0 Å². The number of hydrogen-bond acceptors (Lipinski definition) is 4. The fraction of sp³-hybridized carbons (Fsp3) is 0.714. The van der Waals surface area contributed by atoms with E-state index >= 15 is 0 Å². The number of aromatic nitrogens is 1. The van der Waals surface area contributed by atoms with Gasteiger partial charge in [0.15, 0.2) is 0 Å². The maximum atomic E-state index is 12.9. The zero-order chi connectivity index (χ0) is 18.1. The van der Waals surface area contributed by atoms with Crippen LogP contribution < -0.4 is 0 Å². The molecule has 1 aromatic rings. The van der Waals surface area contributed by atoms with Crippen molar-refractivity contribution in [2.24, 2.45) is 0 Å². The van der Waals surface area contributed by atoms with Gasteiger partial charge >= 0.3 is 0 Å². The van der Waals surface area contributed by atoms with Crippen molar-refractivity contribution < 1.29 is 9.90 Å². The van der Waals surface area contributed by atoms with E-state index in [0.29, 0.717) is 25.4 Å². The van der Waals surface area contributed by atoms with Crippen molar-refractivity contribution in [1.82, 2.24) is 14.8 Å². The molecule has 3 fully saturated rings. The normalized spacial score (nSPS) is 32.5. The number of piperidine rings is 1. The fourth-order valence-electron chi connectivity index (χ4n) is 5.36. The molecule has 2 saturated heterocycles. The minimum Gasteiger partial charge on any atom is -0.383 e. The highest BCUT2D eigenvalue weighted by atomic mass is 16.3. The van der Waals surface area contributed by atoms with E-state index in [1.54, 1.807) is 6.20 Å². The molecule has 5 heteroatoms.